The summed E-state index contributed by atoms with van der Waals surface area (Å²) in [5.74, 6) is -1.85. The zero-order chi connectivity index (χ0) is 16.5. The normalized spacial score (nSPS) is 20.8. The van der Waals surface area contributed by atoms with E-state index in [1.807, 2.05) is 0 Å². The van der Waals surface area contributed by atoms with Gasteiger partial charge in [-0.25, -0.2) is 4.79 Å². The summed E-state index contributed by atoms with van der Waals surface area (Å²) in [5, 5.41) is 12.4. The average molecular weight is 346 g/mol. The molecule has 8 heteroatoms. The van der Waals surface area contributed by atoms with E-state index in [0.29, 0.717) is 0 Å². The molecule has 0 radical (unpaired) electrons. The molecule has 6 nitrogen and oxygen atoms in total. The number of ether oxygens (including phenoxy) is 2. The number of benzene rings is 1. The molecule has 0 spiro atoms. The monoisotopic (exact) mass is 345 g/mol. The lowest BCUT2D eigenvalue weighted by Gasteiger charge is -2.24. The Morgan fingerprint density at radius 3 is 2.77 bits per heavy atom. The Kier molecular flexibility index (Phi) is 4.53. The minimum atomic E-state index is -1.60. The SMILES string of the molecule is CCOC(=O)NC1=C(O)C(=O)C(C)(c2cccc(Cl)c2Cl)O1. The predicted molar refractivity (Wildman–Crippen MR) is 79.7 cm³/mol. The number of rotatable bonds is 3. The van der Waals surface area contributed by atoms with Crippen LogP contribution in [0.3, 0.4) is 0 Å². The van der Waals surface area contributed by atoms with Gasteiger partial charge in [-0.15, -0.1) is 0 Å². The number of aliphatic hydroxyl groups excluding tert-OH is 1. The first-order chi connectivity index (χ1) is 10.3. The second kappa shape index (κ2) is 6.06. The highest BCUT2D eigenvalue weighted by molar-refractivity contribution is 6.42. The highest BCUT2D eigenvalue weighted by Crippen LogP contribution is 2.42. The van der Waals surface area contributed by atoms with E-state index in [4.69, 9.17) is 27.9 Å². The maximum atomic E-state index is 12.3. The molecule has 1 amide bonds. The number of carbonyl (C=O) groups excluding carboxylic acids is 2. The number of halogens is 2. The molecule has 22 heavy (non-hydrogen) atoms. The largest absolute Gasteiger partial charge is 0.501 e. The van der Waals surface area contributed by atoms with Gasteiger partial charge in [0.2, 0.25) is 17.2 Å². The number of nitrogens with one attached hydrogen (secondary N) is 1. The van der Waals surface area contributed by atoms with Gasteiger partial charge in [0.25, 0.3) is 5.78 Å². The fourth-order valence-electron chi connectivity index (χ4n) is 2.02. The Balaban J connectivity index is 2.34. The molecule has 0 aromatic heterocycles. The summed E-state index contributed by atoms with van der Waals surface area (Å²) in [6, 6.07) is 4.70. The minimum Gasteiger partial charge on any atom is -0.501 e. The predicted octanol–water partition coefficient (Wildman–Crippen LogP) is 3.28. The first kappa shape index (κ1) is 16.5. The highest BCUT2D eigenvalue weighted by Gasteiger charge is 2.49. The molecular weight excluding hydrogens is 333 g/mol. The Bertz CT molecular complexity index is 673. The van der Waals surface area contributed by atoms with E-state index in [0.717, 1.165) is 0 Å². The van der Waals surface area contributed by atoms with Crippen LogP contribution in [-0.4, -0.2) is 23.6 Å². The lowest BCUT2D eigenvalue weighted by atomic mass is 9.91. The van der Waals surface area contributed by atoms with Gasteiger partial charge in [0.1, 0.15) is 0 Å². The van der Waals surface area contributed by atoms with Crippen LogP contribution >= 0.6 is 23.2 Å². The van der Waals surface area contributed by atoms with Gasteiger partial charge >= 0.3 is 6.09 Å². The lowest BCUT2D eigenvalue weighted by Crippen LogP contribution is -2.32. The van der Waals surface area contributed by atoms with Crippen LogP contribution in [0.15, 0.2) is 29.8 Å². The topological polar surface area (TPSA) is 84.9 Å². The smallest absolute Gasteiger partial charge is 0.414 e. The molecule has 0 saturated carbocycles. The molecule has 1 aliphatic heterocycles. The summed E-state index contributed by atoms with van der Waals surface area (Å²) in [6.07, 6.45) is -0.849. The van der Waals surface area contributed by atoms with Gasteiger partial charge in [-0.2, -0.15) is 0 Å². The third kappa shape index (κ3) is 2.71. The summed E-state index contributed by atoms with van der Waals surface area (Å²) < 4.78 is 10.1. The van der Waals surface area contributed by atoms with Crippen molar-refractivity contribution in [2.45, 2.75) is 19.4 Å². The first-order valence-electron chi connectivity index (χ1n) is 6.36. The van der Waals surface area contributed by atoms with E-state index in [1.165, 1.54) is 6.92 Å². The third-order valence-electron chi connectivity index (χ3n) is 3.13. The van der Waals surface area contributed by atoms with Crippen LogP contribution in [0.4, 0.5) is 4.79 Å². The molecule has 2 rings (SSSR count). The molecule has 1 aliphatic rings. The van der Waals surface area contributed by atoms with Crippen molar-refractivity contribution in [2.75, 3.05) is 6.61 Å². The number of carbonyl (C=O) groups is 2. The van der Waals surface area contributed by atoms with Crippen LogP contribution in [0.5, 0.6) is 0 Å². The van der Waals surface area contributed by atoms with E-state index in [2.05, 4.69) is 10.1 Å². The van der Waals surface area contributed by atoms with Gasteiger partial charge in [-0.3, -0.25) is 10.1 Å². The maximum absolute atomic E-state index is 12.3. The zero-order valence-electron chi connectivity index (χ0n) is 11.8. The summed E-state index contributed by atoms with van der Waals surface area (Å²) in [4.78, 5) is 23.7. The van der Waals surface area contributed by atoms with Gasteiger partial charge < -0.3 is 14.6 Å². The number of aliphatic hydroxyl groups is 1. The molecule has 1 atom stereocenters. The van der Waals surface area contributed by atoms with Crippen LogP contribution in [0.2, 0.25) is 10.0 Å². The number of hydrogen-bond acceptors (Lipinski definition) is 5. The summed E-state index contributed by atoms with van der Waals surface area (Å²) in [7, 11) is 0. The lowest BCUT2D eigenvalue weighted by molar-refractivity contribution is -0.131. The van der Waals surface area contributed by atoms with Crippen molar-refractivity contribution < 1.29 is 24.2 Å². The van der Waals surface area contributed by atoms with E-state index >= 15 is 0 Å². The van der Waals surface area contributed by atoms with E-state index in [1.54, 1.807) is 25.1 Å². The minimum absolute atomic E-state index is 0.130. The van der Waals surface area contributed by atoms with Crippen molar-refractivity contribution in [1.29, 1.82) is 0 Å². The van der Waals surface area contributed by atoms with Crippen LogP contribution in [-0.2, 0) is 19.9 Å². The second-order valence-electron chi connectivity index (χ2n) is 4.59. The molecule has 1 aromatic rings. The molecule has 118 valence electrons. The van der Waals surface area contributed by atoms with Gasteiger partial charge in [0.15, 0.2) is 0 Å². The molecule has 1 heterocycles. The Labute approximate surface area is 136 Å². The molecule has 0 bridgehead atoms. The number of ketones is 1. The molecule has 1 aromatic carbocycles. The highest BCUT2D eigenvalue weighted by atomic mass is 35.5. The number of alkyl carbamates (subject to hydrolysis) is 1. The van der Waals surface area contributed by atoms with E-state index in [-0.39, 0.29) is 28.1 Å². The summed E-state index contributed by atoms with van der Waals surface area (Å²) >= 11 is 12.0. The van der Waals surface area contributed by atoms with E-state index < -0.39 is 23.2 Å². The van der Waals surface area contributed by atoms with Gasteiger partial charge in [0.05, 0.1) is 16.7 Å². The standard InChI is InChI=1S/C14H13Cl2NO5/c1-3-21-13(20)17-12-10(18)11(19)14(2,22-12)7-5-4-6-8(15)9(7)16/h4-6,18H,3H2,1-2H3,(H,17,20). The number of hydrogen-bond donors (Lipinski definition) is 2. The summed E-state index contributed by atoms with van der Waals surface area (Å²) in [5.41, 5.74) is -1.32. The quantitative estimate of drug-likeness (QED) is 0.877. The van der Waals surface area contributed by atoms with Crippen molar-refractivity contribution in [1.82, 2.24) is 5.32 Å². The maximum Gasteiger partial charge on any atom is 0.414 e. The fraction of sp³-hybridized carbons (Fsp3) is 0.286. The third-order valence-corrected chi connectivity index (χ3v) is 3.95. The van der Waals surface area contributed by atoms with Crippen molar-refractivity contribution >= 4 is 35.1 Å². The molecule has 1 unspecified atom stereocenters. The van der Waals surface area contributed by atoms with Crippen molar-refractivity contribution in [3.05, 3.63) is 45.5 Å². The van der Waals surface area contributed by atoms with Crippen molar-refractivity contribution in [3.8, 4) is 0 Å². The Hall–Kier alpha value is -1.92. The van der Waals surface area contributed by atoms with Gasteiger partial charge in [0, 0.05) is 5.56 Å². The molecule has 0 aliphatic carbocycles. The molecular formula is C14H13Cl2NO5. The molecule has 2 N–H and O–H groups in total. The van der Waals surface area contributed by atoms with Crippen LogP contribution in [0, 0.1) is 0 Å². The molecule has 0 fully saturated rings. The average Bonchev–Trinajstić information content (AvgIpc) is 2.67. The zero-order valence-corrected chi connectivity index (χ0v) is 13.3. The second-order valence-corrected chi connectivity index (χ2v) is 5.37. The van der Waals surface area contributed by atoms with Crippen molar-refractivity contribution in [3.63, 3.8) is 0 Å². The van der Waals surface area contributed by atoms with Crippen LogP contribution in [0.1, 0.15) is 19.4 Å². The number of amides is 1. The fourth-order valence-corrected chi connectivity index (χ4v) is 2.50. The number of Topliss-reactive ketones (excluding diaryl/α,β-unsaturated/α-hetero) is 1. The molecule has 0 saturated heterocycles. The van der Waals surface area contributed by atoms with Gasteiger partial charge in [-0.1, -0.05) is 35.3 Å². The van der Waals surface area contributed by atoms with Crippen molar-refractivity contribution in [2.24, 2.45) is 0 Å². The van der Waals surface area contributed by atoms with Crippen LogP contribution in [0.25, 0.3) is 0 Å². The Morgan fingerprint density at radius 1 is 1.45 bits per heavy atom. The Morgan fingerprint density at radius 2 is 2.14 bits per heavy atom. The first-order valence-corrected chi connectivity index (χ1v) is 7.12. The summed E-state index contributed by atoms with van der Waals surface area (Å²) in [6.45, 7) is 3.17. The van der Waals surface area contributed by atoms with E-state index in [9.17, 15) is 14.7 Å². The van der Waals surface area contributed by atoms with Crippen LogP contribution < -0.4 is 5.32 Å². The van der Waals surface area contributed by atoms with Gasteiger partial charge in [-0.05, 0) is 19.9 Å².